The molecule has 2 heterocycles. The fourth-order valence-electron chi connectivity index (χ4n) is 3.08. The number of fused-ring (bicyclic) bond motifs is 1. The zero-order chi connectivity index (χ0) is 18.5. The van der Waals surface area contributed by atoms with Crippen molar-refractivity contribution in [2.24, 2.45) is 5.92 Å². The van der Waals surface area contributed by atoms with E-state index in [9.17, 15) is 9.59 Å². The fraction of sp³-hybridized carbons (Fsp3) is 0.381. The first-order valence-corrected chi connectivity index (χ1v) is 9.16. The van der Waals surface area contributed by atoms with Crippen LogP contribution in [-0.4, -0.2) is 34.8 Å². The van der Waals surface area contributed by atoms with E-state index in [1.165, 1.54) is 11.1 Å². The Hall–Kier alpha value is -2.69. The minimum atomic E-state index is -0.232. The minimum Gasteiger partial charge on any atom is -0.351 e. The molecule has 2 amide bonds. The number of amides is 2. The van der Waals surface area contributed by atoms with Gasteiger partial charge in [0.2, 0.25) is 0 Å². The molecule has 1 aliphatic heterocycles. The molecule has 26 heavy (non-hydrogen) atoms. The maximum absolute atomic E-state index is 12.8. The Morgan fingerprint density at radius 1 is 1.08 bits per heavy atom. The van der Waals surface area contributed by atoms with Crippen LogP contribution < -0.4 is 5.32 Å². The van der Waals surface area contributed by atoms with Crippen LogP contribution in [0.4, 0.5) is 0 Å². The molecule has 2 aromatic rings. The van der Waals surface area contributed by atoms with Crippen molar-refractivity contribution in [1.82, 2.24) is 15.2 Å². The number of carbonyl (C=O) groups is 2. The van der Waals surface area contributed by atoms with Crippen LogP contribution in [0.25, 0.3) is 0 Å². The lowest BCUT2D eigenvalue weighted by Crippen LogP contribution is -2.36. The molecule has 1 N–H and O–H groups in total. The zero-order valence-electron chi connectivity index (χ0n) is 15.4. The second-order valence-electron chi connectivity index (χ2n) is 7.09. The average molecular weight is 351 g/mol. The largest absolute Gasteiger partial charge is 0.351 e. The number of carbonyl (C=O) groups excluding carboxylic acids is 2. The Kier molecular flexibility index (Phi) is 5.66. The Bertz CT molecular complexity index is 801. The van der Waals surface area contributed by atoms with Crippen LogP contribution in [0.3, 0.4) is 0 Å². The van der Waals surface area contributed by atoms with E-state index < -0.39 is 0 Å². The first kappa shape index (κ1) is 18.1. The van der Waals surface area contributed by atoms with Gasteiger partial charge in [-0.3, -0.25) is 9.59 Å². The van der Waals surface area contributed by atoms with Gasteiger partial charge >= 0.3 is 0 Å². The Morgan fingerprint density at radius 3 is 2.58 bits per heavy atom. The van der Waals surface area contributed by atoms with Crippen LogP contribution in [0.15, 0.2) is 42.5 Å². The van der Waals surface area contributed by atoms with E-state index in [-0.39, 0.29) is 17.5 Å². The predicted molar refractivity (Wildman–Crippen MR) is 101 cm³/mol. The van der Waals surface area contributed by atoms with Gasteiger partial charge in [-0.2, -0.15) is 0 Å². The second-order valence-corrected chi connectivity index (χ2v) is 7.09. The summed E-state index contributed by atoms with van der Waals surface area (Å²) in [6, 6.07) is 13.2. The number of aromatic nitrogens is 1. The molecular formula is C21H25N3O2. The third kappa shape index (κ3) is 4.28. The monoisotopic (exact) mass is 351 g/mol. The molecule has 3 rings (SSSR count). The van der Waals surface area contributed by atoms with E-state index >= 15 is 0 Å². The lowest BCUT2D eigenvalue weighted by molar-refractivity contribution is 0.0728. The molecule has 5 nitrogen and oxygen atoms in total. The summed E-state index contributed by atoms with van der Waals surface area (Å²) in [7, 11) is 0. The summed E-state index contributed by atoms with van der Waals surface area (Å²) in [5.74, 6) is 0.166. The van der Waals surface area contributed by atoms with Gasteiger partial charge in [0.05, 0.1) is 0 Å². The maximum Gasteiger partial charge on any atom is 0.272 e. The van der Waals surface area contributed by atoms with Crippen LogP contribution in [0.1, 0.15) is 52.4 Å². The third-order valence-corrected chi connectivity index (χ3v) is 4.63. The van der Waals surface area contributed by atoms with Gasteiger partial charge in [0, 0.05) is 19.6 Å². The number of benzene rings is 1. The number of nitrogens with zero attached hydrogens (tertiary/aromatic N) is 2. The van der Waals surface area contributed by atoms with Crippen molar-refractivity contribution in [1.29, 1.82) is 0 Å². The number of nitrogens with one attached hydrogen (secondary N) is 1. The Balaban J connectivity index is 1.68. The number of hydrogen-bond acceptors (Lipinski definition) is 3. The molecule has 136 valence electrons. The highest BCUT2D eigenvalue weighted by molar-refractivity contribution is 5.96. The normalized spacial score (nSPS) is 13.4. The first-order valence-electron chi connectivity index (χ1n) is 9.16. The van der Waals surface area contributed by atoms with Crippen LogP contribution in [0.5, 0.6) is 0 Å². The molecule has 0 unspecified atom stereocenters. The Morgan fingerprint density at radius 2 is 1.81 bits per heavy atom. The van der Waals surface area contributed by atoms with Gasteiger partial charge < -0.3 is 10.2 Å². The van der Waals surface area contributed by atoms with Crippen LogP contribution in [0.2, 0.25) is 0 Å². The molecule has 1 aliphatic rings. The molecule has 1 aromatic heterocycles. The third-order valence-electron chi connectivity index (χ3n) is 4.63. The molecule has 0 saturated heterocycles. The van der Waals surface area contributed by atoms with Gasteiger partial charge in [-0.1, -0.05) is 44.2 Å². The molecule has 0 saturated carbocycles. The lowest BCUT2D eigenvalue weighted by Gasteiger charge is -2.28. The first-order chi connectivity index (χ1) is 12.5. The fourth-order valence-corrected chi connectivity index (χ4v) is 3.08. The summed E-state index contributed by atoms with van der Waals surface area (Å²) < 4.78 is 0. The summed E-state index contributed by atoms with van der Waals surface area (Å²) in [5, 5.41) is 2.86. The average Bonchev–Trinajstić information content (AvgIpc) is 2.66. The summed E-state index contributed by atoms with van der Waals surface area (Å²) in [5.41, 5.74) is 3.08. The van der Waals surface area contributed by atoms with Crippen LogP contribution in [0, 0.1) is 5.92 Å². The van der Waals surface area contributed by atoms with E-state index in [1.807, 2.05) is 12.1 Å². The highest BCUT2D eigenvalue weighted by Crippen LogP contribution is 2.20. The Labute approximate surface area is 154 Å². The molecule has 5 heteroatoms. The summed E-state index contributed by atoms with van der Waals surface area (Å²) >= 11 is 0. The lowest BCUT2D eigenvalue weighted by atomic mass is 10.00. The molecule has 0 radical (unpaired) electrons. The van der Waals surface area contributed by atoms with Crippen molar-refractivity contribution in [3.63, 3.8) is 0 Å². The van der Waals surface area contributed by atoms with E-state index in [0.29, 0.717) is 31.2 Å². The van der Waals surface area contributed by atoms with Gasteiger partial charge in [0.25, 0.3) is 11.8 Å². The van der Waals surface area contributed by atoms with Gasteiger partial charge in [-0.05, 0) is 42.0 Å². The van der Waals surface area contributed by atoms with Crippen molar-refractivity contribution >= 4 is 11.8 Å². The van der Waals surface area contributed by atoms with E-state index in [0.717, 1.165) is 12.8 Å². The van der Waals surface area contributed by atoms with Crippen LogP contribution >= 0.6 is 0 Å². The van der Waals surface area contributed by atoms with Crippen molar-refractivity contribution in [3.05, 3.63) is 65.0 Å². The molecule has 0 atom stereocenters. The highest BCUT2D eigenvalue weighted by atomic mass is 16.2. The molecular weight excluding hydrogens is 326 g/mol. The minimum absolute atomic E-state index is 0.128. The quantitative estimate of drug-likeness (QED) is 0.900. The van der Waals surface area contributed by atoms with Crippen molar-refractivity contribution in [2.45, 2.75) is 33.2 Å². The van der Waals surface area contributed by atoms with Gasteiger partial charge in [0.15, 0.2) is 0 Å². The number of hydrogen-bond donors (Lipinski definition) is 1. The summed E-state index contributed by atoms with van der Waals surface area (Å²) in [6.07, 6.45) is 1.76. The molecule has 0 aliphatic carbocycles. The predicted octanol–water partition coefficient (Wildman–Crippen LogP) is 3.06. The standard InChI is InChI=1S/C21H25N3O2/c1-15(2)10-12-22-20(25)18-8-5-9-19(23-18)21(26)24-13-11-16-6-3-4-7-17(16)14-24/h3-9,15H,10-14H2,1-2H3,(H,22,25). The SMILES string of the molecule is CC(C)CCNC(=O)c1cccc(C(=O)N2CCc3ccccc3C2)n1. The van der Waals surface area contributed by atoms with Crippen molar-refractivity contribution in [2.75, 3.05) is 13.1 Å². The molecule has 0 spiro atoms. The summed E-state index contributed by atoms with van der Waals surface area (Å²) in [6.45, 7) is 6.09. The van der Waals surface area contributed by atoms with E-state index in [2.05, 4.69) is 36.3 Å². The van der Waals surface area contributed by atoms with Crippen molar-refractivity contribution < 1.29 is 9.59 Å². The molecule has 1 aromatic carbocycles. The number of pyridine rings is 1. The maximum atomic E-state index is 12.8. The van der Waals surface area contributed by atoms with E-state index in [4.69, 9.17) is 0 Å². The van der Waals surface area contributed by atoms with Gasteiger partial charge in [-0.15, -0.1) is 0 Å². The molecule has 0 bridgehead atoms. The molecule has 0 fully saturated rings. The van der Waals surface area contributed by atoms with Gasteiger partial charge in [0.1, 0.15) is 11.4 Å². The zero-order valence-corrected chi connectivity index (χ0v) is 15.4. The second kappa shape index (κ2) is 8.13. The van der Waals surface area contributed by atoms with Crippen LogP contribution in [-0.2, 0) is 13.0 Å². The number of rotatable bonds is 5. The van der Waals surface area contributed by atoms with E-state index in [1.54, 1.807) is 23.1 Å². The highest BCUT2D eigenvalue weighted by Gasteiger charge is 2.23. The smallest absolute Gasteiger partial charge is 0.272 e. The summed E-state index contributed by atoms with van der Waals surface area (Å²) in [4.78, 5) is 31.2. The van der Waals surface area contributed by atoms with Gasteiger partial charge in [-0.25, -0.2) is 4.98 Å². The topological polar surface area (TPSA) is 62.3 Å². The van der Waals surface area contributed by atoms with Crippen molar-refractivity contribution in [3.8, 4) is 0 Å².